The number of carbonyl (C=O) groups excluding carboxylic acids is 1. The Balaban J connectivity index is 2.10. The lowest BCUT2D eigenvalue weighted by Crippen LogP contribution is -2.43. The average Bonchev–Trinajstić information content (AvgIpc) is 3.13. The highest BCUT2D eigenvalue weighted by Crippen LogP contribution is 2.28. The van der Waals surface area contributed by atoms with E-state index in [-0.39, 0.29) is 18.2 Å². The van der Waals surface area contributed by atoms with Gasteiger partial charge in [0.1, 0.15) is 0 Å². The van der Waals surface area contributed by atoms with Crippen LogP contribution in [0.3, 0.4) is 0 Å². The first-order valence-corrected chi connectivity index (χ1v) is 8.92. The van der Waals surface area contributed by atoms with Crippen LogP contribution in [-0.2, 0) is 10.7 Å². The van der Waals surface area contributed by atoms with Crippen molar-refractivity contribution < 1.29 is 13.6 Å². The van der Waals surface area contributed by atoms with E-state index in [4.69, 9.17) is 0 Å². The van der Waals surface area contributed by atoms with Crippen LogP contribution in [0.2, 0.25) is 0 Å². The lowest BCUT2D eigenvalue weighted by atomic mass is 10.1. The Morgan fingerprint density at radius 2 is 1.88 bits per heavy atom. The van der Waals surface area contributed by atoms with Gasteiger partial charge < -0.3 is 5.32 Å². The molecule has 1 aromatic carbocycles. The zero-order valence-electron chi connectivity index (χ0n) is 13.8. The molecule has 0 radical (unpaired) electrons. The van der Waals surface area contributed by atoms with Crippen molar-refractivity contribution in [3.05, 3.63) is 58.3 Å². The first-order chi connectivity index (χ1) is 11.5. The van der Waals surface area contributed by atoms with Gasteiger partial charge in [-0.05, 0) is 35.5 Å². The minimum absolute atomic E-state index is 0.109. The average molecular weight is 352 g/mol. The Bertz CT molecular complexity index is 628. The van der Waals surface area contributed by atoms with Gasteiger partial charge in [0, 0.05) is 12.1 Å². The fourth-order valence-corrected chi connectivity index (χ4v) is 3.37. The molecule has 1 atom stereocenters. The van der Waals surface area contributed by atoms with Crippen molar-refractivity contribution in [1.82, 2.24) is 10.2 Å². The zero-order chi connectivity index (χ0) is 17.6. The largest absolute Gasteiger partial charge is 0.349 e. The van der Waals surface area contributed by atoms with Gasteiger partial charge in [-0.25, -0.2) is 0 Å². The molecule has 24 heavy (non-hydrogen) atoms. The molecule has 6 heteroatoms. The van der Waals surface area contributed by atoms with Crippen molar-refractivity contribution >= 4 is 17.2 Å². The van der Waals surface area contributed by atoms with Crippen LogP contribution < -0.4 is 5.32 Å². The second-order valence-electron chi connectivity index (χ2n) is 5.44. The Kier molecular flexibility index (Phi) is 6.45. The molecule has 2 rings (SSSR count). The molecule has 1 heterocycles. The number of nitrogens with zero attached hydrogens (tertiary/aromatic N) is 1. The van der Waals surface area contributed by atoms with Gasteiger partial charge in [-0.1, -0.05) is 44.2 Å². The van der Waals surface area contributed by atoms with Crippen LogP contribution in [0.15, 0.2) is 47.2 Å². The molecule has 0 aliphatic carbocycles. The SMILES string of the molecule is CCN(CC)C(CNC(=O)C(F)(F)c1ccccc1)c1ccsc1. The smallest absolute Gasteiger partial charge is 0.349 e. The Hall–Kier alpha value is -1.79. The predicted molar refractivity (Wildman–Crippen MR) is 93.3 cm³/mol. The molecule has 130 valence electrons. The number of benzene rings is 1. The molecule has 0 saturated heterocycles. The number of alkyl halides is 2. The van der Waals surface area contributed by atoms with Gasteiger partial charge in [0.25, 0.3) is 5.91 Å². The number of thiophene rings is 1. The molecule has 1 unspecified atom stereocenters. The van der Waals surface area contributed by atoms with Crippen molar-refractivity contribution in [3.63, 3.8) is 0 Å². The molecular weight excluding hydrogens is 330 g/mol. The van der Waals surface area contributed by atoms with Crippen molar-refractivity contribution in [2.45, 2.75) is 25.8 Å². The zero-order valence-corrected chi connectivity index (χ0v) is 14.7. The van der Waals surface area contributed by atoms with E-state index in [2.05, 4.69) is 10.2 Å². The number of rotatable bonds is 8. The van der Waals surface area contributed by atoms with Gasteiger partial charge in [-0.3, -0.25) is 9.69 Å². The van der Waals surface area contributed by atoms with Crippen molar-refractivity contribution in [1.29, 1.82) is 0 Å². The van der Waals surface area contributed by atoms with Crippen molar-refractivity contribution in [2.24, 2.45) is 0 Å². The summed E-state index contributed by atoms with van der Waals surface area (Å²) in [7, 11) is 0. The van der Waals surface area contributed by atoms with E-state index in [1.807, 2.05) is 30.7 Å². The lowest BCUT2D eigenvalue weighted by molar-refractivity contribution is -0.147. The van der Waals surface area contributed by atoms with Gasteiger partial charge in [0.05, 0.1) is 6.04 Å². The van der Waals surface area contributed by atoms with E-state index in [1.54, 1.807) is 17.4 Å². The van der Waals surface area contributed by atoms with E-state index >= 15 is 0 Å². The van der Waals surface area contributed by atoms with Gasteiger partial charge in [-0.15, -0.1) is 0 Å². The minimum atomic E-state index is -3.54. The summed E-state index contributed by atoms with van der Waals surface area (Å²) in [4.78, 5) is 14.2. The van der Waals surface area contributed by atoms with Crippen LogP contribution in [0, 0.1) is 0 Å². The normalized spacial score (nSPS) is 13.0. The maximum absolute atomic E-state index is 14.3. The molecule has 1 N–H and O–H groups in total. The van der Waals surface area contributed by atoms with Crippen LogP contribution in [0.5, 0.6) is 0 Å². The number of nitrogens with one attached hydrogen (secondary N) is 1. The monoisotopic (exact) mass is 352 g/mol. The van der Waals surface area contributed by atoms with E-state index < -0.39 is 11.8 Å². The van der Waals surface area contributed by atoms with Gasteiger partial charge in [-0.2, -0.15) is 20.1 Å². The number of carbonyl (C=O) groups is 1. The fraction of sp³-hybridized carbons (Fsp3) is 0.389. The molecule has 0 saturated carbocycles. The summed E-state index contributed by atoms with van der Waals surface area (Å²) < 4.78 is 28.6. The molecule has 0 aliphatic heterocycles. The Labute approximate surface area is 145 Å². The standard InChI is InChI=1S/C18H22F2N2OS/c1-3-22(4-2)16(14-10-11-24-13-14)12-21-17(23)18(19,20)15-8-6-5-7-9-15/h5-11,13,16H,3-4,12H2,1-2H3,(H,21,23). The lowest BCUT2D eigenvalue weighted by Gasteiger charge is -2.30. The summed E-state index contributed by atoms with van der Waals surface area (Å²) in [5, 5.41) is 6.37. The molecule has 0 bridgehead atoms. The van der Waals surface area contributed by atoms with Crippen LogP contribution in [0.4, 0.5) is 8.78 Å². The van der Waals surface area contributed by atoms with Crippen LogP contribution in [-0.4, -0.2) is 30.4 Å². The third kappa shape index (κ3) is 4.19. The van der Waals surface area contributed by atoms with Gasteiger partial charge in [0.2, 0.25) is 0 Å². The maximum atomic E-state index is 14.3. The fourth-order valence-electron chi connectivity index (χ4n) is 2.67. The van der Waals surface area contributed by atoms with E-state index in [9.17, 15) is 13.6 Å². The predicted octanol–water partition coefficient (Wildman–Crippen LogP) is 4.04. The molecule has 0 fully saturated rings. The minimum Gasteiger partial charge on any atom is -0.349 e. The second kappa shape index (κ2) is 8.35. The highest BCUT2D eigenvalue weighted by atomic mass is 32.1. The number of hydrogen-bond acceptors (Lipinski definition) is 3. The summed E-state index contributed by atoms with van der Waals surface area (Å²) in [6.45, 7) is 5.75. The number of amides is 1. The first-order valence-electron chi connectivity index (χ1n) is 7.98. The molecule has 1 aromatic heterocycles. The summed E-state index contributed by atoms with van der Waals surface area (Å²) in [5.41, 5.74) is 0.740. The summed E-state index contributed by atoms with van der Waals surface area (Å²) in [6, 6.07) is 9.03. The Morgan fingerprint density at radius 3 is 2.42 bits per heavy atom. The highest BCUT2D eigenvalue weighted by molar-refractivity contribution is 7.07. The van der Waals surface area contributed by atoms with Gasteiger partial charge >= 0.3 is 5.92 Å². The topological polar surface area (TPSA) is 32.3 Å². The third-order valence-electron chi connectivity index (χ3n) is 4.06. The van der Waals surface area contributed by atoms with E-state index in [1.165, 1.54) is 24.3 Å². The number of halogens is 2. The molecule has 0 aliphatic rings. The maximum Gasteiger partial charge on any atom is 0.349 e. The van der Waals surface area contributed by atoms with Crippen LogP contribution in [0.1, 0.15) is 31.0 Å². The third-order valence-corrected chi connectivity index (χ3v) is 4.76. The molecule has 2 aromatic rings. The summed E-state index contributed by atoms with van der Waals surface area (Å²) in [6.07, 6.45) is 0. The van der Waals surface area contributed by atoms with E-state index in [0.717, 1.165) is 18.7 Å². The highest BCUT2D eigenvalue weighted by Gasteiger charge is 2.40. The number of likely N-dealkylation sites (N-methyl/N-ethyl adjacent to an activating group) is 1. The van der Waals surface area contributed by atoms with Crippen LogP contribution >= 0.6 is 11.3 Å². The molecule has 3 nitrogen and oxygen atoms in total. The first kappa shape index (κ1) is 18.5. The van der Waals surface area contributed by atoms with Crippen molar-refractivity contribution in [2.75, 3.05) is 19.6 Å². The Morgan fingerprint density at radius 1 is 1.21 bits per heavy atom. The second-order valence-corrected chi connectivity index (χ2v) is 6.22. The molecule has 1 amide bonds. The molecular formula is C18H22F2N2OS. The van der Waals surface area contributed by atoms with Crippen molar-refractivity contribution in [3.8, 4) is 0 Å². The van der Waals surface area contributed by atoms with Crippen LogP contribution in [0.25, 0.3) is 0 Å². The van der Waals surface area contributed by atoms with E-state index in [0.29, 0.717) is 0 Å². The summed E-state index contributed by atoms with van der Waals surface area (Å²) >= 11 is 1.56. The van der Waals surface area contributed by atoms with Gasteiger partial charge in [0.15, 0.2) is 0 Å². The number of hydrogen-bond donors (Lipinski definition) is 1. The quantitative estimate of drug-likeness (QED) is 0.778. The molecule has 0 spiro atoms. The summed E-state index contributed by atoms with van der Waals surface area (Å²) in [5.74, 6) is -4.80.